The molecular weight excluding hydrogens is 328 g/mol. The highest BCUT2D eigenvalue weighted by atomic mass is 16.2. The van der Waals surface area contributed by atoms with E-state index in [4.69, 9.17) is 0 Å². The Bertz CT molecular complexity index is 612. The summed E-state index contributed by atoms with van der Waals surface area (Å²) in [7, 11) is 4.11. The molecular formula is C19H34N6O. The second-order valence-electron chi connectivity index (χ2n) is 8.33. The molecule has 7 heteroatoms. The topological polar surface area (TPSA) is 66.3 Å². The first-order valence-corrected chi connectivity index (χ1v) is 10.0. The Kier molecular flexibility index (Phi) is 5.97. The van der Waals surface area contributed by atoms with Gasteiger partial charge in [-0.1, -0.05) is 6.92 Å². The molecule has 0 aliphatic carbocycles. The van der Waals surface area contributed by atoms with Gasteiger partial charge >= 0.3 is 0 Å². The van der Waals surface area contributed by atoms with Crippen molar-refractivity contribution in [3.8, 4) is 0 Å². The van der Waals surface area contributed by atoms with Crippen LogP contribution in [0.15, 0.2) is 0 Å². The average molecular weight is 363 g/mol. The van der Waals surface area contributed by atoms with Gasteiger partial charge in [-0.05, 0) is 59.8 Å². The van der Waals surface area contributed by atoms with E-state index in [1.807, 2.05) is 0 Å². The number of aromatic nitrogens is 3. The van der Waals surface area contributed by atoms with Gasteiger partial charge in [-0.3, -0.25) is 4.79 Å². The van der Waals surface area contributed by atoms with Crippen molar-refractivity contribution in [3.63, 3.8) is 0 Å². The lowest BCUT2D eigenvalue weighted by Crippen LogP contribution is -2.49. The van der Waals surface area contributed by atoms with Gasteiger partial charge in [0.15, 0.2) is 0 Å². The van der Waals surface area contributed by atoms with Crippen LogP contribution in [-0.4, -0.2) is 70.7 Å². The maximum atomic E-state index is 13.0. The standard InChI is InChI=1S/C19H34N6O/c1-5-25-16(14-23(3)4)21-22-17(25)15-6-12-24(13-7-15)18(26)19(2)8-10-20-11-9-19/h15,20H,5-14H2,1-4H3. The fourth-order valence-electron chi connectivity index (χ4n) is 4.31. The third-order valence-corrected chi connectivity index (χ3v) is 6.00. The van der Waals surface area contributed by atoms with Crippen LogP contribution >= 0.6 is 0 Å². The van der Waals surface area contributed by atoms with Crippen molar-refractivity contribution in [3.05, 3.63) is 11.6 Å². The fourth-order valence-corrected chi connectivity index (χ4v) is 4.31. The van der Waals surface area contributed by atoms with Crippen LogP contribution in [0.2, 0.25) is 0 Å². The molecule has 0 atom stereocenters. The lowest BCUT2D eigenvalue weighted by molar-refractivity contribution is -0.143. The van der Waals surface area contributed by atoms with E-state index in [2.05, 4.69) is 57.8 Å². The maximum absolute atomic E-state index is 13.0. The average Bonchev–Trinajstić information content (AvgIpc) is 3.03. The maximum Gasteiger partial charge on any atom is 0.228 e. The number of nitrogens with zero attached hydrogens (tertiary/aromatic N) is 5. The highest BCUT2D eigenvalue weighted by Gasteiger charge is 2.39. The van der Waals surface area contributed by atoms with E-state index in [9.17, 15) is 4.79 Å². The molecule has 1 amide bonds. The minimum Gasteiger partial charge on any atom is -0.342 e. The first-order chi connectivity index (χ1) is 12.4. The molecule has 2 aliphatic heterocycles. The second-order valence-corrected chi connectivity index (χ2v) is 8.33. The van der Waals surface area contributed by atoms with Gasteiger partial charge in [0.05, 0.1) is 6.54 Å². The molecule has 0 aromatic carbocycles. The van der Waals surface area contributed by atoms with Gasteiger partial charge in [0.25, 0.3) is 0 Å². The summed E-state index contributed by atoms with van der Waals surface area (Å²) >= 11 is 0. The smallest absolute Gasteiger partial charge is 0.228 e. The Morgan fingerprint density at radius 3 is 2.46 bits per heavy atom. The fraction of sp³-hybridized carbons (Fsp3) is 0.842. The van der Waals surface area contributed by atoms with Gasteiger partial charge in [-0.15, -0.1) is 10.2 Å². The van der Waals surface area contributed by atoms with Crippen LogP contribution in [0.25, 0.3) is 0 Å². The summed E-state index contributed by atoms with van der Waals surface area (Å²) in [6.07, 6.45) is 3.87. The molecule has 1 aromatic heterocycles. The molecule has 3 rings (SSSR count). The van der Waals surface area contributed by atoms with Crippen LogP contribution in [0, 0.1) is 5.41 Å². The van der Waals surface area contributed by atoms with Crippen molar-refractivity contribution in [1.82, 2.24) is 29.9 Å². The number of rotatable bonds is 5. The predicted octanol–water partition coefficient (Wildman–Crippen LogP) is 1.46. The summed E-state index contributed by atoms with van der Waals surface area (Å²) in [6.45, 7) is 9.59. The van der Waals surface area contributed by atoms with E-state index in [-0.39, 0.29) is 5.41 Å². The number of piperidine rings is 2. The number of amides is 1. The number of likely N-dealkylation sites (tertiary alicyclic amines) is 1. The Balaban J connectivity index is 1.63. The number of carbonyl (C=O) groups excluding carboxylic acids is 1. The minimum atomic E-state index is -0.180. The van der Waals surface area contributed by atoms with Gasteiger partial charge in [-0.25, -0.2) is 0 Å². The SMILES string of the molecule is CCn1c(CN(C)C)nnc1C1CCN(C(=O)C2(C)CCNCC2)CC1. The number of hydrogen-bond acceptors (Lipinski definition) is 5. The highest BCUT2D eigenvalue weighted by molar-refractivity contribution is 5.82. The summed E-state index contributed by atoms with van der Waals surface area (Å²) in [5.41, 5.74) is -0.180. The van der Waals surface area contributed by atoms with Crippen LogP contribution in [0.5, 0.6) is 0 Å². The Morgan fingerprint density at radius 1 is 1.23 bits per heavy atom. The number of carbonyl (C=O) groups is 1. The third kappa shape index (κ3) is 3.93. The zero-order valence-electron chi connectivity index (χ0n) is 16.8. The molecule has 1 aromatic rings. The van der Waals surface area contributed by atoms with Crippen LogP contribution in [-0.2, 0) is 17.9 Å². The van der Waals surface area contributed by atoms with Gasteiger partial charge in [0.1, 0.15) is 11.6 Å². The monoisotopic (exact) mass is 362 g/mol. The van der Waals surface area contributed by atoms with Crippen molar-refractivity contribution >= 4 is 5.91 Å². The van der Waals surface area contributed by atoms with Crippen molar-refractivity contribution in [2.75, 3.05) is 40.3 Å². The molecule has 2 saturated heterocycles. The van der Waals surface area contributed by atoms with Crippen LogP contribution < -0.4 is 5.32 Å². The van der Waals surface area contributed by atoms with Crippen molar-refractivity contribution in [2.24, 2.45) is 5.41 Å². The minimum absolute atomic E-state index is 0.180. The number of hydrogen-bond donors (Lipinski definition) is 1. The van der Waals surface area contributed by atoms with Crippen LogP contribution in [0.1, 0.15) is 57.1 Å². The summed E-state index contributed by atoms with van der Waals surface area (Å²) in [5.74, 6) is 2.89. The molecule has 0 unspecified atom stereocenters. The summed E-state index contributed by atoms with van der Waals surface area (Å²) in [6, 6.07) is 0. The number of nitrogens with one attached hydrogen (secondary N) is 1. The van der Waals surface area contributed by atoms with E-state index >= 15 is 0 Å². The zero-order valence-corrected chi connectivity index (χ0v) is 16.8. The predicted molar refractivity (Wildman–Crippen MR) is 102 cm³/mol. The van der Waals surface area contributed by atoms with Gasteiger partial charge in [0.2, 0.25) is 5.91 Å². The lowest BCUT2D eigenvalue weighted by Gasteiger charge is -2.40. The van der Waals surface area contributed by atoms with E-state index in [1.165, 1.54) is 0 Å². The Hall–Kier alpha value is -1.47. The summed E-state index contributed by atoms with van der Waals surface area (Å²) < 4.78 is 2.26. The molecule has 0 radical (unpaired) electrons. The molecule has 7 nitrogen and oxygen atoms in total. The molecule has 0 spiro atoms. The van der Waals surface area contributed by atoms with E-state index in [0.717, 1.165) is 76.6 Å². The van der Waals surface area contributed by atoms with Crippen molar-refractivity contribution in [2.45, 2.75) is 58.5 Å². The summed E-state index contributed by atoms with van der Waals surface area (Å²) in [4.78, 5) is 17.2. The molecule has 2 fully saturated rings. The first kappa shape index (κ1) is 19.3. The van der Waals surface area contributed by atoms with Crippen molar-refractivity contribution < 1.29 is 4.79 Å². The van der Waals surface area contributed by atoms with Gasteiger partial charge in [0, 0.05) is 31.0 Å². The Labute approximate surface area is 157 Å². The summed E-state index contributed by atoms with van der Waals surface area (Å²) in [5, 5.41) is 12.3. The van der Waals surface area contributed by atoms with E-state index < -0.39 is 0 Å². The first-order valence-electron chi connectivity index (χ1n) is 10.0. The Morgan fingerprint density at radius 2 is 1.88 bits per heavy atom. The molecule has 26 heavy (non-hydrogen) atoms. The molecule has 146 valence electrons. The molecule has 2 aliphatic rings. The molecule has 3 heterocycles. The lowest BCUT2D eigenvalue weighted by atomic mass is 9.79. The van der Waals surface area contributed by atoms with E-state index in [0.29, 0.717) is 11.8 Å². The quantitative estimate of drug-likeness (QED) is 0.859. The second kappa shape index (κ2) is 8.05. The van der Waals surface area contributed by atoms with Gasteiger partial charge < -0.3 is 19.7 Å². The van der Waals surface area contributed by atoms with Crippen LogP contribution in [0.4, 0.5) is 0 Å². The third-order valence-electron chi connectivity index (χ3n) is 6.00. The molecule has 0 saturated carbocycles. The van der Waals surface area contributed by atoms with Gasteiger partial charge in [-0.2, -0.15) is 0 Å². The van der Waals surface area contributed by atoms with Crippen molar-refractivity contribution in [1.29, 1.82) is 0 Å². The van der Waals surface area contributed by atoms with Crippen LogP contribution in [0.3, 0.4) is 0 Å². The molecule has 1 N–H and O–H groups in total. The normalized spacial score (nSPS) is 21.3. The highest BCUT2D eigenvalue weighted by Crippen LogP contribution is 2.34. The van der Waals surface area contributed by atoms with E-state index in [1.54, 1.807) is 0 Å². The zero-order chi connectivity index (χ0) is 18.7. The molecule has 0 bridgehead atoms. The largest absolute Gasteiger partial charge is 0.342 e.